The molecule has 0 bridgehead atoms. The van der Waals surface area contributed by atoms with Crippen LogP contribution in [0, 0.1) is 0 Å². The van der Waals surface area contributed by atoms with Crippen LogP contribution in [0.25, 0.3) is 10.9 Å². The molecule has 0 spiro atoms. The third kappa shape index (κ3) is 5.54. The van der Waals surface area contributed by atoms with E-state index in [1.165, 1.54) is 6.21 Å². The van der Waals surface area contributed by atoms with Gasteiger partial charge < -0.3 is 10.1 Å². The fourth-order valence-corrected chi connectivity index (χ4v) is 2.93. The number of anilines is 1. The van der Waals surface area contributed by atoms with Crippen LogP contribution in [0.2, 0.25) is 0 Å². The van der Waals surface area contributed by atoms with Crippen LogP contribution in [-0.4, -0.2) is 29.6 Å². The van der Waals surface area contributed by atoms with Gasteiger partial charge in [0.25, 0.3) is 11.8 Å². The SMILES string of the molecule is O=C(COc1ccc(C=NNC(=O)c2ccc3ccccc3n2)cc1)Nc1ccccc1. The Morgan fingerprint density at radius 1 is 0.875 bits per heavy atom. The number of hydrogen-bond donors (Lipinski definition) is 2. The van der Waals surface area contributed by atoms with Crippen LogP contribution < -0.4 is 15.5 Å². The van der Waals surface area contributed by atoms with Crippen molar-refractivity contribution in [2.75, 3.05) is 11.9 Å². The van der Waals surface area contributed by atoms with Crippen molar-refractivity contribution in [1.82, 2.24) is 10.4 Å². The van der Waals surface area contributed by atoms with Gasteiger partial charge in [-0.1, -0.05) is 42.5 Å². The lowest BCUT2D eigenvalue weighted by Crippen LogP contribution is -2.20. The average molecular weight is 424 g/mol. The summed E-state index contributed by atoms with van der Waals surface area (Å²) in [7, 11) is 0. The minimum Gasteiger partial charge on any atom is -0.484 e. The molecule has 2 amide bonds. The number of carbonyl (C=O) groups excluding carboxylic acids is 2. The topological polar surface area (TPSA) is 92.7 Å². The number of para-hydroxylation sites is 2. The summed E-state index contributed by atoms with van der Waals surface area (Å²) in [4.78, 5) is 28.6. The normalized spacial score (nSPS) is 10.8. The third-order valence-corrected chi connectivity index (χ3v) is 4.52. The van der Waals surface area contributed by atoms with Crippen molar-refractivity contribution < 1.29 is 14.3 Å². The number of rotatable bonds is 7. The summed E-state index contributed by atoms with van der Waals surface area (Å²) in [5.74, 6) is -0.0852. The molecule has 2 N–H and O–H groups in total. The van der Waals surface area contributed by atoms with Crippen LogP contribution in [0.4, 0.5) is 5.69 Å². The van der Waals surface area contributed by atoms with Crippen molar-refractivity contribution in [3.8, 4) is 5.75 Å². The van der Waals surface area contributed by atoms with E-state index in [4.69, 9.17) is 4.74 Å². The molecule has 32 heavy (non-hydrogen) atoms. The fraction of sp³-hybridized carbons (Fsp3) is 0.0400. The summed E-state index contributed by atoms with van der Waals surface area (Å²) in [6.45, 7) is -0.100. The van der Waals surface area contributed by atoms with E-state index in [0.717, 1.165) is 16.5 Å². The van der Waals surface area contributed by atoms with Crippen LogP contribution in [0.15, 0.2) is 96.1 Å². The van der Waals surface area contributed by atoms with E-state index >= 15 is 0 Å². The zero-order valence-electron chi connectivity index (χ0n) is 17.1. The molecule has 0 saturated carbocycles. The molecule has 0 unspecified atom stereocenters. The number of hydrogen-bond acceptors (Lipinski definition) is 5. The molecule has 0 radical (unpaired) electrons. The third-order valence-electron chi connectivity index (χ3n) is 4.52. The molecule has 0 atom stereocenters. The predicted molar refractivity (Wildman–Crippen MR) is 124 cm³/mol. The predicted octanol–water partition coefficient (Wildman–Crippen LogP) is 4.02. The van der Waals surface area contributed by atoms with E-state index in [1.54, 1.807) is 42.5 Å². The van der Waals surface area contributed by atoms with E-state index in [9.17, 15) is 9.59 Å². The lowest BCUT2D eigenvalue weighted by molar-refractivity contribution is -0.118. The molecule has 4 rings (SSSR count). The second kappa shape index (κ2) is 9.99. The summed E-state index contributed by atoms with van der Waals surface area (Å²) in [6.07, 6.45) is 1.52. The highest BCUT2D eigenvalue weighted by molar-refractivity contribution is 5.95. The van der Waals surface area contributed by atoms with Gasteiger partial charge in [0.2, 0.25) is 0 Å². The molecule has 1 heterocycles. The maximum absolute atomic E-state index is 12.3. The Bertz CT molecular complexity index is 1260. The van der Waals surface area contributed by atoms with Gasteiger partial charge in [-0.3, -0.25) is 9.59 Å². The largest absolute Gasteiger partial charge is 0.484 e. The van der Waals surface area contributed by atoms with Crippen LogP contribution in [0.5, 0.6) is 5.75 Å². The molecule has 7 heteroatoms. The van der Waals surface area contributed by atoms with Gasteiger partial charge in [0.1, 0.15) is 11.4 Å². The maximum Gasteiger partial charge on any atom is 0.289 e. The van der Waals surface area contributed by atoms with Gasteiger partial charge in [-0.15, -0.1) is 0 Å². The number of hydrazone groups is 1. The molecular weight excluding hydrogens is 404 g/mol. The van der Waals surface area contributed by atoms with Gasteiger partial charge in [0.05, 0.1) is 11.7 Å². The number of fused-ring (bicyclic) bond motifs is 1. The number of carbonyl (C=O) groups is 2. The highest BCUT2D eigenvalue weighted by Crippen LogP contribution is 2.13. The van der Waals surface area contributed by atoms with Gasteiger partial charge in [-0.05, 0) is 54.1 Å². The Labute approximate surface area is 184 Å². The van der Waals surface area contributed by atoms with Crippen molar-refractivity contribution >= 4 is 34.6 Å². The monoisotopic (exact) mass is 424 g/mol. The number of aromatic nitrogens is 1. The highest BCUT2D eigenvalue weighted by atomic mass is 16.5. The highest BCUT2D eigenvalue weighted by Gasteiger charge is 2.07. The summed E-state index contributed by atoms with van der Waals surface area (Å²) in [5.41, 5.74) is 4.99. The van der Waals surface area contributed by atoms with Crippen LogP contribution in [0.3, 0.4) is 0 Å². The van der Waals surface area contributed by atoms with Gasteiger partial charge >= 0.3 is 0 Å². The van der Waals surface area contributed by atoms with Gasteiger partial charge in [0.15, 0.2) is 6.61 Å². The summed E-state index contributed by atoms with van der Waals surface area (Å²) < 4.78 is 5.50. The van der Waals surface area contributed by atoms with E-state index in [-0.39, 0.29) is 12.5 Å². The first-order chi connectivity index (χ1) is 15.7. The van der Waals surface area contributed by atoms with Crippen molar-refractivity contribution in [2.45, 2.75) is 0 Å². The summed E-state index contributed by atoms with van der Waals surface area (Å²) >= 11 is 0. The second-order valence-electron chi connectivity index (χ2n) is 6.86. The maximum atomic E-state index is 12.3. The van der Waals surface area contributed by atoms with E-state index in [0.29, 0.717) is 17.1 Å². The first-order valence-corrected chi connectivity index (χ1v) is 9.94. The first kappa shape index (κ1) is 20.7. The Balaban J connectivity index is 1.27. The summed E-state index contributed by atoms with van der Waals surface area (Å²) in [5, 5.41) is 7.70. The average Bonchev–Trinajstić information content (AvgIpc) is 2.84. The smallest absolute Gasteiger partial charge is 0.289 e. The van der Waals surface area contributed by atoms with Gasteiger partial charge in [-0.25, -0.2) is 10.4 Å². The number of nitrogens with one attached hydrogen (secondary N) is 2. The van der Waals surface area contributed by atoms with Crippen LogP contribution >= 0.6 is 0 Å². The van der Waals surface area contributed by atoms with Crippen molar-refractivity contribution in [3.63, 3.8) is 0 Å². The first-order valence-electron chi connectivity index (χ1n) is 9.94. The molecule has 4 aromatic rings. The number of pyridine rings is 1. The molecule has 0 fully saturated rings. The van der Waals surface area contributed by atoms with Crippen LogP contribution in [0.1, 0.15) is 16.1 Å². The second-order valence-corrected chi connectivity index (χ2v) is 6.86. The molecule has 1 aromatic heterocycles. The molecule has 0 aliphatic carbocycles. The molecule has 7 nitrogen and oxygen atoms in total. The van der Waals surface area contributed by atoms with Crippen molar-refractivity contribution in [2.24, 2.45) is 5.10 Å². The van der Waals surface area contributed by atoms with E-state index in [2.05, 4.69) is 20.8 Å². The number of nitrogens with zero attached hydrogens (tertiary/aromatic N) is 2. The zero-order chi connectivity index (χ0) is 22.2. The molecular formula is C25H20N4O3. The number of ether oxygens (including phenoxy) is 1. The number of amides is 2. The molecule has 0 aliphatic rings. The Kier molecular flexibility index (Phi) is 6.48. The van der Waals surface area contributed by atoms with Gasteiger partial charge in [-0.2, -0.15) is 5.10 Å². The number of benzene rings is 3. The fourth-order valence-electron chi connectivity index (χ4n) is 2.93. The molecule has 3 aromatic carbocycles. The van der Waals surface area contributed by atoms with E-state index in [1.807, 2.05) is 48.5 Å². The van der Waals surface area contributed by atoms with Crippen molar-refractivity contribution in [1.29, 1.82) is 0 Å². The Hall–Kier alpha value is -4.52. The minimum absolute atomic E-state index is 0.100. The quantitative estimate of drug-likeness (QED) is 0.346. The lowest BCUT2D eigenvalue weighted by atomic mass is 10.2. The Morgan fingerprint density at radius 3 is 2.44 bits per heavy atom. The minimum atomic E-state index is -0.392. The zero-order valence-corrected chi connectivity index (χ0v) is 17.1. The molecule has 158 valence electrons. The molecule has 0 saturated heterocycles. The lowest BCUT2D eigenvalue weighted by Gasteiger charge is -2.07. The molecule has 0 aliphatic heterocycles. The standard InChI is InChI=1S/C25H20N4O3/c30-24(27-20-7-2-1-3-8-20)17-32-21-13-10-18(11-14-21)16-26-29-25(31)23-15-12-19-6-4-5-9-22(19)28-23/h1-16H,17H2,(H,27,30)(H,29,31). The van der Waals surface area contributed by atoms with Crippen molar-refractivity contribution in [3.05, 3.63) is 102 Å². The Morgan fingerprint density at radius 2 is 1.62 bits per heavy atom. The summed E-state index contributed by atoms with van der Waals surface area (Å²) in [6, 6.07) is 27.3. The van der Waals surface area contributed by atoms with E-state index < -0.39 is 5.91 Å². The van der Waals surface area contributed by atoms with Crippen LogP contribution in [-0.2, 0) is 4.79 Å². The van der Waals surface area contributed by atoms with Gasteiger partial charge in [0, 0.05) is 11.1 Å².